The Bertz CT molecular complexity index is 960. The van der Waals surface area contributed by atoms with Crippen LogP contribution in [0.2, 0.25) is 0 Å². The van der Waals surface area contributed by atoms with Gasteiger partial charge in [-0.15, -0.1) is 11.3 Å². The first-order valence-corrected chi connectivity index (χ1v) is 10.8. The quantitative estimate of drug-likeness (QED) is 0.654. The Labute approximate surface area is 170 Å². The number of thiazole rings is 1. The maximum atomic E-state index is 12.6. The number of aromatic amines is 1. The molecule has 5 nitrogen and oxygen atoms in total. The van der Waals surface area contributed by atoms with Gasteiger partial charge in [0.2, 0.25) is 0 Å². The number of aromatic nitrogens is 2. The summed E-state index contributed by atoms with van der Waals surface area (Å²) in [5.41, 5.74) is 3.57. The van der Waals surface area contributed by atoms with Gasteiger partial charge < -0.3 is 15.2 Å². The van der Waals surface area contributed by atoms with Gasteiger partial charge in [-0.1, -0.05) is 39.0 Å². The molecular weight excluding hydrogens is 368 g/mol. The monoisotopic (exact) mass is 396 g/mol. The largest absolute Gasteiger partial charge is 0.361 e. The van der Waals surface area contributed by atoms with Gasteiger partial charge in [0.25, 0.3) is 0 Å². The summed E-state index contributed by atoms with van der Waals surface area (Å²) < 4.78 is 0. The summed E-state index contributed by atoms with van der Waals surface area (Å²) in [4.78, 5) is 22.5. The predicted octanol–water partition coefficient (Wildman–Crippen LogP) is 5.01. The van der Waals surface area contributed by atoms with Crippen molar-refractivity contribution in [2.75, 3.05) is 13.1 Å². The molecule has 1 aliphatic rings. The molecule has 3 heterocycles. The average molecular weight is 397 g/mol. The molecule has 1 aliphatic heterocycles. The highest BCUT2D eigenvalue weighted by Gasteiger charge is 2.25. The highest BCUT2D eigenvalue weighted by Crippen LogP contribution is 2.33. The molecule has 2 N–H and O–H groups in total. The van der Waals surface area contributed by atoms with Crippen LogP contribution in [0, 0.1) is 0 Å². The molecule has 0 spiro atoms. The number of hydrogen-bond donors (Lipinski definition) is 2. The summed E-state index contributed by atoms with van der Waals surface area (Å²) >= 11 is 1.66. The van der Waals surface area contributed by atoms with Gasteiger partial charge in [-0.05, 0) is 30.4 Å². The van der Waals surface area contributed by atoms with Crippen molar-refractivity contribution in [2.45, 2.75) is 51.5 Å². The van der Waals surface area contributed by atoms with Crippen molar-refractivity contribution in [2.24, 2.45) is 0 Å². The molecule has 0 atom stereocenters. The molecule has 1 fully saturated rings. The molecule has 1 aromatic carbocycles. The lowest BCUT2D eigenvalue weighted by molar-refractivity contribution is 0.181. The van der Waals surface area contributed by atoms with Crippen LogP contribution in [0.1, 0.15) is 55.8 Å². The van der Waals surface area contributed by atoms with Crippen molar-refractivity contribution in [3.8, 4) is 0 Å². The van der Waals surface area contributed by atoms with Crippen molar-refractivity contribution in [1.82, 2.24) is 20.2 Å². The zero-order valence-electron chi connectivity index (χ0n) is 16.8. The molecule has 2 amide bonds. The van der Waals surface area contributed by atoms with E-state index in [2.05, 4.69) is 66.5 Å². The predicted molar refractivity (Wildman–Crippen MR) is 115 cm³/mol. The number of amides is 2. The van der Waals surface area contributed by atoms with Crippen LogP contribution in [0.4, 0.5) is 4.79 Å². The van der Waals surface area contributed by atoms with E-state index in [0.29, 0.717) is 12.5 Å². The number of carbonyl (C=O) groups is 1. The number of H-pyrrole nitrogens is 1. The van der Waals surface area contributed by atoms with Crippen LogP contribution in [0.25, 0.3) is 10.9 Å². The fraction of sp³-hybridized carbons (Fsp3) is 0.455. The Morgan fingerprint density at radius 3 is 2.75 bits per heavy atom. The van der Waals surface area contributed by atoms with E-state index in [-0.39, 0.29) is 11.4 Å². The Morgan fingerprint density at radius 2 is 2.04 bits per heavy atom. The summed E-state index contributed by atoms with van der Waals surface area (Å²) in [6.07, 6.45) is 4.14. The Balaban J connectivity index is 1.31. The van der Waals surface area contributed by atoms with E-state index < -0.39 is 0 Å². The van der Waals surface area contributed by atoms with Crippen LogP contribution in [-0.2, 0) is 12.0 Å². The first-order valence-electron chi connectivity index (χ1n) is 9.95. The highest BCUT2D eigenvalue weighted by atomic mass is 32.1. The molecular formula is C22H28N4OS. The van der Waals surface area contributed by atoms with E-state index in [1.165, 1.54) is 16.5 Å². The summed E-state index contributed by atoms with van der Waals surface area (Å²) in [5, 5.41) is 7.50. The molecule has 0 unspecified atom stereocenters. The molecule has 4 rings (SSSR count). The van der Waals surface area contributed by atoms with E-state index in [4.69, 9.17) is 0 Å². The van der Waals surface area contributed by atoms with Crippen molar-refractivity contribution in [1.29, 1.82) is 0 Å². The third kappa shape index (κ3) is 3.92. The van der Waals surface area contributed by atoms with Crippen LogP contribution in [-0.4, -0.2) is 34.0 Å². The zero-order chi connectivity index (χ0) is 19.7. The van der Waals surface area contributed by atoms with Gasteiger partial charge in [-0.2, -0.15) is 0 Å². The summed E-state index contributed by atoms with van der Waals surface area (Å²) in [6, 6.07) is 8.46. The second-order valence-corrected chi connectivity index (χ2v) is 9.46. The average Bonchev–Trinajstić information content (AvgIpc) is 3.33. The van der Waals surface area contributed by atoms with E-state index in [1.54, 1.807) is 11.3 Å². The number of carbonyl (C=O) groups excluding carboxylic acids is 1. The molecule has 28 heavy (non-hydrogen) atoms. The summed E-state index contributed by atoms with van der Waals surface area (Å²) in [7, 11) is 0. The Hall–Kier alpha value is -2.34. The SMILES string of the molecule is CC(C)(C)c1nc(CNC(=O)N2CCC(c3c[nH]c4ccccc34)CC2)cs1. The van der Waals surface area contributed by atoms with E-state index >= 15 is 0 Å². The third-order valence-corrected chi connectivity index (χ3v) is 6.77. The van der Waals surface area contributed by atoms with Crippen LogP contribution < -0.4 is 5.32 Å². The number of fused-ring (bicyclic) bond motifs is 1. The number of para-hydroxylation sites is 1. The fourth-order valence-corrected chi connectivity index (χ4v) is 4.74. The van der Waals surface area contributed by atoms with Crippen LogP contribution in [0.15, 0.2) is 35.8 Å². The number of benzene rings is 1. The van der Waals surface area contributed by atoms with Crippen molar-refractivity contribution in [3.63, 3.8) is 0 Å². The van der Waals surface area contributed by atoms with Crippen LogP contribution in [0.3, 0.4) is 0 Å². The van der Waals surface area contributed by atoms with E-state index in [0.717, 1.165) is 36.6 Å². The van der Waals surface area contributed by atoms with Gasteiger partial charge in [0, 0.05) is 41.0 Å². The molecule has 0 bridgehead atoms. The maximum Gasteiger partial charge on any atom is 0.317 e. The van der Waals surface area contributed by atoms with E-state index in [1.807, 2.05) is 10.3 Å². The molecule has 6 heteroatoms. The lowest BCUT2D eigenvalue weighted by atomic mass is 9.89. The number of nitrogens with one attached hydrogen (secondary N) is 2. The van der Waals surface area contributed by atoms with Crippen molar-refractivity contribution < 1.29 is 4.79 Å². The number of urea groups is 1. The Morgan fingerprint density at radius 1 is 1.29 bits per heavy atom. The lowest BCUT2D eigenvalue weighted by Crippen LogP contribution is -2.43. The first kappa shape index (κ1) is 19.0. The van der Waals surface area contributed by atoms with Gasteiger partial charge in [0.15, 0.2) is 0 Å². The normalized spacial score (nSPS) is 15.9. The number of hydrogen-bond acceptors (Lipinski definition) is 3. The second kappa shape index (κ2) is 7.59. The molecule has 2 aromatic heterocycles. The molecule has 0 radical (unpaired) electrons. The second-order valence-electron chi connectivity index (χ2n) is 8.60. The first-order chi connectivity index (χ1) is 13.4. The number of nitrogens with zero attached hydrogens (tertiary/aromatic N) is 2. The standard InChI is InChI=1S/C22H28N4OS/c1-22(2,3)20-25-16(14-28-20)12-24-21(27)26-10-8-15(9-11-26)18-13-23-19-7-5-4-6-17(18)19/h4-7,13-15,23H,8-12H2,1-3H3,(H,24,27). The van der Waals surface area contributed by atoms with Crippen LogP contribution in [0.5, 0.6) is 0 Å². The molecule has 3 aromatic rings. The number of likely N-dealkylation sites (tertiary alicyclic amines) is 1. The van der Waals surface area contributed by atoms with Gasteiger partial charge in [-0.25, -0.2) is 9.78 Å². The molecule has 0 saturated carbocycles. The smallest absolute Gasteiger partial charge is 0.317 e. The number of rotatable bonds is 3. The van der Waals surface area contributed by atoms with Gasteiger partial charge >= 0.3 is 6.03 Å². The minimum atomic E-state index is 0.0164. The fourth-order valence-electron chi connectivity index (χ4n) is 3.84. The Kier molecular flexibility index (Phi) is 5.15. The van der Waals surface area contributed by atoms with Crippen molar-refractivity contribution in [3.05, 3.63) is 52.1 Å². The van der Waals surface area contributed by atoms with E-state index in [9.17, 15) is 4.79 Å². The van der Waals surface area contributed by atoms with Crippen molar-refractivity contribution >= 4 is 28.3 Å². The minimum absolute atomic E-state index is 0.0164. The summed E-state index contributed by atoms with van der Waals surface area (Å²) in [5.74, 6) is 0.507. The minimum Gasteiger partial charge on any atom is -0.361 e. The maximum absolute atomic E-state index is 12.6. The topological polar surface area (TPSA) is 61.0 Å². The lowest BCUT2D eigenvalue weighted by Gasteiger charge is -2.32. The van der Waals surface area contributed by atoms with Gasteiger partial charge in [0.1, 0.15) is 0 Å². The van der Waals surface area contributed by atoms with Crippen LogP contribution >= 0.6 is 11.3 Å². The number of piperidine rings is 1. The third-order valence-electron chi connectivity index (χ3n) is 5.46. The molecule has 0 aliphatic carbocycles. The van der Waals surface area contributed by atoms with Gasteiger partial charge in [0.05, 0.1) is 17.2 Å². The molecule has 148 valence electrons. The summed E-state index contributed by atoms with van der Waals surface area (Å²) in [6.45, 7) is 8.55. The highest BCUT2D eigenvalue weighted by molar-refractivity contribution is 7.09. The zero-order valence-corrected chi connectivity index (χ0v) is 17.6. The molecule has 1 saturated heterocycles. The van der Waals surface area contributed by atoms with Gasteiger partial charge in [-0.3, -0.25) is 0 Å².